The first-order valence-electron chi connectivity index (χ1n) is 5.26. The van der Waals surface area contributed by atoms with Crippen LogP contribution in [0.5, 0.6) is 5.75 Å². The van der Waals surface area contributed by atoms with Crippen LogP contribution in [0.1, 0.15) is 5.69 Å². The highest BCUT2D eigenvalue weighted by Crippen LogP contribution is 2.31. The molecule has 1 aromatic heterocycles. The molecule has 0 amide bonds. The number of nitrogens with zero attached hydrogens (tertiary/aromatic N) is 1. The molecule has 0 aliphatic rings. The Hall–Kier alpha value is -1.93. The lowest BCUT2D eigenvalue weighted by Gasteiger charge is -2.10. The van der Waals surface area contributed by atoms with Crippen molar-refractivity contribution >= 4 is 23.2 Å². The van der Waals surface area contributed by atoms with Gasteiger partial charge in [0.15, 0.2) is 5.75 Å². The van der Waals surface area contributed by atoms with Gasteiger partial charge in [-0.15, -0.1) is 0 Å². The Kier molecular flexibility index (Phi) is 4.02. The zero-order valence-corrected chi connectivity index (χ0v) is 11.4. The van der Waals surface area contributed by atoms with Gasteiger partial charge in [-0.1, -0.05) is 34.0 Å². The molecule has 21 heavy (non-hydrogen) atoms. The number of aromatic nitrogens is 2. The van der Waals surface area contributed by atoms with Crippen LogP contribution < -0.4 is 16.1 Å². The van der Waals surface area contributed by atoms with Crippen LogP contribution in [-0.4, -0.2) is 9.71 Å². The average molecular weight is 341 g/mol. The lowest BCUT2D eigenvalue weighted by atomic mass is 10.3. The first kappa shape index (κ1) is 15.5. The highest BCUT2D eigenvalue weighted by molar-refractivity contribution is 6.42. The van der Waals surface area contributed by atoms with E-state index in [1.54, 1.807) is 0 Å². The molecular formula is C11H5Cl2F3N2O3. The van der Waals surface area contributed by atoms with E-state index in [1.807, 2.05) is 0 Å². The Balaban J connectivity index is 2.50. The number of nitrogens with one attached hydrogen (secondary N) is 1. The Morgan fingerprint density at radius 3 is 2.43 bits per heavy atom. The normalized spacial score (nSPS) is 11.5. The average Bonchev–Trinajstić information content (AvgIpc) is 2.37. The van der Waals surface area contributed by atoms with Crippen LogP contribution in [0, 0.1) is 0 Å². The van der Waals surface area contributed by atoms with Crippen LogP contribution in [0.15, 0.2) is 33.9 Å². The molecular weight excluding hydrogens is 336 g/mol. The minimum absolute atomic E-state index is 0.0885. The molecule has 0 atom stereocenters. The minimum atomic E-state index is -4.86. The van der Waals surface area contributed by atoms with Gasteiger partial charge >= 0.3 is 11.9 Å². The molecule has 0 spiro atoms. The predicted octanol–water partition coefficient (Wildman–Crippen LogP) is 2.70. The zero-order chi connectivity index (χ0) is 15.8. The number of rotatable bonds is 2. The van der Waals surface area contributed by atoms with E-state index in [0.717, 1.165) is 0 Å². The Morgan fingerprint density at radius 2 is 1.86 bits per heavy atom. The largest absolute Gasteiger partial charge is 0.431 e. The van der Waals surface area contributed by atoms with Crippen LogP contribution in [0.4, 0.5) is 13.2 Å². The second-order valence-corrected chi connectivity index (χ2v) is 4.55. The molecule has 2 aromatic rings. The molecule has 0 aliphatic heterocycles. The molecule has 0 saturated heterocycles. The first-order chi connectivity index (χ1) is 9.70. The number of hydrogen-bond donors (Lipinski definition) is 1. The maximum absolute atomic E-state index is 12.4. The fourth-order valence-electron chi connectivity index (χ4n) is 1.38. The van der Waals surface area contributed by atoms with Gasteiger partial charge in [0.05, 0.1) is 5.02 Å². The summed E-state index contributed by atoms with van der Waals surface area (Å²) in [5.41, 5.74) is -4.18. The summed E-state index contributed by atoms with van der Waals surface area (Å²) < 4.78 is 37.4. The van der Waals surface area contributed by atoms with E-state index in [-0.39, 0.29) is 26.6 Å². The molecule has 0 bridgehead atoms. The van der Waals surface area contributed by atoms with Gasteiger partial charge in [0.25, 0.3) is 5.56 Å². The second kappa shape index (κ2) is 5.45. The van der Waals surface area contributed by atoms with Crippen LogP contribution in [0.2, 0.25) is 10.0 Å². The molecule has 1 aromatic carbocycles. The molecule has 0 unspecified atom stereocenters. The van der Waals surface area contributed by atoms with E-state index in [2.05, 4.69) is 0 Å². The molecule has 0 aliphatic carbocycles. The van der Waals surface area contributed by atoms with E-state index < -0.39 is 23.1 Å². The maximum Gasteiger partial charge on any atom is 0.431 e. The molecule has 10 heteroatoms. The summed E-state index contributed by atoms with van der Waals surface area (Å²) in [6.45, 7) is 0. The van der Waals surface area contributed by atoms with E-state index in [4.69, 9.17) is 28.0 Å². The van der Waals surface area contributed by atoms with Gasteiger partial charge in [-0.25, -0.2) is 4.79 Å². The van der Waals surface area contributed by atoms with Crippen molar-refractivity contribution in [2.24, 2.45) is 0 Å². The summed E-state index contributed by atoms with van der Waals surface area (Å²) in [5, 5.41) is -0.00378. The van der Waals surface area contributed by atoms with E-state index in [0.29, 0.717) is 0 Å². The molecule has 2 rings (SSSR count). The number of alkyl halides is 3. The van der Waals surface area contributed by atoms with Gasteiger partial charge in [0.1, 0.15) is 10.7 Å². The van der Waals surface area contributed by atoms with Gasteiger partial charge in [0.2, 0.25) is 0 Å². The fraction of sp³-hybridized carbons (Fsp3) is 0.0909. The molecule has 0 saturated carbocycles. The molecule has 112 valence electrons. The van der Waals surface area contributed by atoms with Crippen molar-refractivity contribution in [2.75, 3.05) is 0 Å². The van der Waals surface area contributed by atoms with Crippen molar-refractivity contribution < 1.29 is 18.0 Å². The highest BCUT2D eigenvalue weighted by Gasteiger charge is 2.33. The van der Waals surface area contributed by atoms with Crippen molar-refractivity contribution in [3.63, 3.8) is 0 Å². The smallest absolute Gasteiger partial charge is 0.366 e. The van der Waals surface area contributed by atoms with Gasteiger partial charge in [-0.05, 0) is 12.1 Å². The Labute approximate surface area is 124 Å². The first-order valence-corrected chi connectivity index (χ1v) is 6.01. The number of hydrogen-bond acceptors (Lipinski definition) is 3. The second-order valence-electron chi connectivity index (χ2n) is 3.76. The van der Waals surface area contributed by atoms with Crippen molar-refractivity contribution in [1.82, 2.24) is 9.71 Å². The minimum Gasteiger partial charge on any atom is -0.366 e. The number of H-pyrrole nitrogens is 1. The number of halogens is 5. The highest BCUT2D eigenvalue weighted by atomic mass is 35.5. The lowest BCUT2D eigenvalue weighted by molar-refractivity contribution is -0.141. The van der Waals surface area contributed by atoms with E-state index in [1.165, 1.54) is 23.2 Å². The molecule has 1 N–H and O–H groups in total. The molecule has 0 fully saturated rings. The summed E-state index contributed by atoms with van der Waals surface area (Å²) in [6.07, 6.45) is -4.86. The monoisotopic (exact) mass is 340 g/mol. The van der Waals surface area contributed by atoms with Crippen molar-refractivity contribution in [2.45, 2.75) is 6.18 Å². The lowest BCUT2D eigenvalue weighted by Crippen LogP contribution is -2.39. The van der Waals surface area contributed by atoms with Crippen molar-refractivity contribution in [1.29, 1.82) is 0 Å². The zero-order valence-electron chi connectivity index (χ0n) is 9.87. The topological polar surface area (TPSA) is 64.1 Å². The quantitative estimate of drug-likeness (QED) is 0.914. The maximum atomic E-state index is 12.4. The summed E-state index contributed by atoms with van der Waals surface area (Å²) >= 11 is 11.5. The third-order valence-corrected chi connectivity index (χ3v) is 3.11. The van der Waals surface area contributed by atoms with E-state index >= 15 is 0 Å². The summed E-state index contributed by atoms with van der Waals surface area (Å²) in [7, 11) is 0. The van der Waals surface area contributed by atoms with Crippen LogP contribution in [0.3, 0.4) is 0 Å². The molecule has 0 radical (unpaired) electrons. The molecule has 1 heterocycles. The number of benzene rings is 1. The fourth-order valence-corrected chi connectivity index (χ4v) is 1.70. The third-order valence-electron chi connectivity index (χ3n) is 2.31. The SMILES string of the molecule is O=c1cc(C(F)(F)F)[nH]c(=O)n1Oc1cccc(Cl)c1Cl. The van der Waals surface area contributed by atoms with Gasteiger partial charge in [0, 0.05) is 6.07 Å². The number of aromatic amines is 1. The Morgan fingerprint density at radius 1 is 1.19 bits per heavy atom. The van der Waals surface area contributed by atoms with Crippen LogP contribution in [0.25, 0.3) is 0 Å². The Bertz CT molecular complexity index is 767. The van der Waals surface area contributed by atoms with Crippen molar-refractivity contribution in [3.8, 4) is 5.75 Å². The standard InChI is InChI=1S/C11H5Cl2F3N2O3/c12-5-2-1-3-6(9(5)13)21-18-8(19)4-7(11(14,15)16)17-10(18)20/h1-4H,(H,17,20). The van der Waals surface area contributed by atoms with Gasteiger partial charge < -0.3 is 9.82 Å². The molecule has 5 nitrogen and oxygen atoms in total. The van der Waals surface area contributed by atoms with E-state index in [9.17, 15) is 22.8 Å². The third kappa shape index (κ3) is 3.22. The van der Waals surface area contributed by atoms with Gasteiger partial charge in [-0.3, -0.25) is 4.79 Å². The van der Waals surface area contributed by atoms with Crippen LogP contribution >= 0.6 is 23.2 Å². The van der Waals surface area contributed by atoms with Crippen molar-refractivity contribution in [3.05, 3.63) is 60.8 Å². The van der Waals surface area contributed by atoms with Crippen LogP contribution in [-0.2, 0) is 6.18 Å². The summed E-state index contributed by atoms with van der Waals surface area (Å²) in [6, 6.07) is 4.33. The van der Waals surface area contributed by atoms with Gasteiger partial charge in [-0.2, -0.15) is 13.2 Å². The predicted molar refractivity (Wildman–Crippen MR) is 68.8 cm³/mol. The summed E-state index contributed by atoms with van der Waals surface area (Å²) in [4.78, 5) is 29.5. The summed E-state index contributed by atoms with van der Waals surface area (Å²) in [5.74, 6) is -0.156.